The van der Waals surface area contributed by atoms with E-state index in [0.29, 0.717) is 27.2 Å². The normalized spacial score (nSPS) is 10.2. The number of carbonyl (C=O) groups excluding carboxylic acids is 2. The van der Waals surface area contributed by atoms with Gasteiger partial charge in [0.1, 0.15) is 5.75 Å². The Balaban J connectivity index is 2.04. The van der Waals surface area contributed by atoms with Gasteiger partial charge in [-0.1, -0.05) is 29.3 Å². The molecule has 0 radical (unpaired) electrons. The number of nitrogens with zero attached hydrogens (tertiary/aromatic N) is 1. The summed E-state index contributed by atoms with van der Waals surface area (Å²) >= 11 is 12.1. The van der Waals surface area contributed by atoms with E-state index < -0.39 is 0 Å². The predicted octanol–water partition coefficient (Wildman–Crippen LogP) is 4.38. The monoisotopic (exact) mass is 380 g/mol. The zero-order chi connectivity index (χ0) is 18.4. The van der Waals surface area contributed by atoms with Crippen LogP contribution in [0.25, 0.3) is 0 Å². The number of anilines is 2. The summed E-state index contributed by atoms with van der Waals surface area (Å²) in [6.45, 7) is 1.60. The molecule has 132 valence electrons. The quantitative estimate of drug-likeness (QED) is 0.808. The lowest BCUT2D eigenvalue weighted by Gasteiger charge is -2.22. The highest BCUT2D eigenvalue weighted by Gasteiger charge is 2.17. The zero-order valence-electron chi connectivity index (χ0n) is 13.9. The van der Waals surface area contributed by atoms with Gasteiger partial charge in [-0.2, -0.15) is 0 Å². The van der Waals surface area contributed by atoms with Crippen LogP contribution in [0.15, 0.2) is 42.5 Å². The van der Waals surface area contributed by atoms with Gasteiger partial charge in [0.2, 0.25) is 11.8 Å². The van der Waals surface area contributed by atoms with Crippen molar-refractivity contribution in [2.75, 3.05) is 23.9 Å². The second-order valence-electron chi connectivity index (χ2n) is 5.30. The lowest BCUT2D eigenvalue weighted by molar-refractivity contribution is -0.117. The molecule has 0 aliphatic carbocycles. The van der Waals surface area contributed by atoms with E-state index in [2.05, 4.69) is 5.32 Å². The van der Waals surface area contributed by atoms with Crippen LogP contribution in [0.4, 0.5) is 11.4 Å². The van der Waals surface area contributed by atoms with Crippen molar-refractivity contribution in [3.63, 3.8) is 0 Å². The minimum absolute atomic E-state index is 0.111. The first-order valence-electron chi connectivity index (χ1n) is 7.57. The largest absolute Gasteiger partial charge is 0.497 e. The number of halogens is 2. The van der Waals surface area contributed by atoms with Crippen molar-refractivity contribution in [1.82, 2.24) is 0 Å². The van der Waals surface area contributed by atoms with Crippen LogP contribution in [0.5, 0.6) is 5.75 Å². The summed E-state index contributed by atoms with van der Waals surface area (Å²) in [5.74, 6) is 0.199. The van der Waals surface area contributed by atoms with E-state index in [0.717, 1.165) is 0 Å². The average Bonchev–Trinajstić information content (AvgIpc) is 2.58. The molecule has 0 bridgehead atoms. The Kier molecular flexibility index (Phi) is 6.67. The number of rotatable bonds is 6. The van der Waals surface area contributed by atoms with Crippen molar-refractivity contribution < 1.29 is 14.3 Å². The molecule has 0 spiro atoms. The van der Waals surface area contributed by atoms with Crippen LogP contribution in [-0.2, 0) is 9.59 Å². The summed E-state index contributed by atoms with van der Waals surface area (Å²) in [5, 5.41) is 3.63. The summed E-state index contributed by atoms with van der Waals surface area (Å²) in [4.78, 5) is 25.5. The lowest BCUT2D eigenvalue weighted by Crippen LogP contribution is -2.32. The molecule has 0 fully saturated rings. The molecule has 0 aliphatic heterocycles. The van der Waals surface area contributed by atoms with Crippen molar-refractivity contribution in [2.45, 2.75) is 13.3 Å². The first kappa shape index (κ1) is 19.1. The average molecular weight is 381 g/mol. The number of nitrogens with one attached hydrogen (secondary N) is 1. The van der Waals surface area contributed by atoms with Crippen molar-refractivity contribution in [1.29, 1.82) is 0 Å². The third-order valence-electron chi connectivity index (χ3n) is 3.50. The fourth-order valence-electron chi connectivity index (χ4n) is 2.28. The zero-order valence-corrected chi connectivity index (χ0v) is 15.4. The molecule has 0 saturated heterocycles. The topological polar surface area (TPSA) is 58.6 Å². The summed E-state index contributed by atoms with van der Waals surface area (Å²) < 4.78 is 5.12. The molecule has 7 heteroatoms. The molecule has 2 aromatic carbocycles. The van der Waals surface area contributed by atoms with Gasteiger partial charge in [-0.05, 0) is 30.3 Å². The van der Waals surface area contributed by atoms with Gasteiger partial charge in [0, 0.05) is 36.7 Å². The highest BCUT2D eigenvalue weighted by molar-refractivity contribution is 6.35. The Morgan fingerprint density at radius 1 is 1.16 bits per heavy atom. The molecule has 2 aromatic rings. The van der Waals surface area contributed by atoms with Gasteiger partial charge in [0.05, 0.1) is 17.8 Å². The highest BCUT2D eigenvalue weighted by Crippen LogP contribution is 2.29. The van der Waals surface area contributed by atoms with E-state index in [9.17, 15) is 9.59 Å². The third kappa shape index (κ3) is 5.37. The van der Waals surface area contributed by atoms with Crippen molar-refractivity contribution in [2.24, 2.45) is 0 Å². The number of methoxy groups -OCH3 is 1. The minimum Gasteiger partial charge on any atom is -0.497 e. The maximum Gasteiger partial charge on any atom is 0.226 e. The van der Waals surface area contributed by atoms with Gasteiger partial charge in [0.15, 0.2) is 0 Å². The number of benzene rings is 2. The fraction of sp³-hybridized carbons (Fsp3) is 0.222. The van der Waals surface area contributed by atoms with Gasteiger partial charge in [-0.3, -0.25) is 9.59 Å². The third-order valence-corrected chi connectivity index (χ3v) is 4.05. The maximum atomic E-state index is 12.2. The van der Waals surface area contributed by atoms with E-state index >= 15 is 0 Å². The van der Waals surface area contributed by atoms with Gasteiger partial charge in [0.25, 0.3) is 0 Å². The first-order chi connectivity index (χ1) is 11.9. The van der Waals surface area contributed by atoms with E-state index in [1.807, 2.05) is 0 Å². The fourth-order valence-corrected chi connectivity index (χ4v) is 2.66. The molecule has 0 heterocycles. The molecule has 0 aliphatic rings. The van der Waals surface area contributed by atoms with E-state index in [1.54, 1.807) is 49.6 Å². The first-order valence-corrected chi connectivity index (χ1v) is 8.33. The van der Waals surface area contributed by atoms with Gasteiger partial charge in [-0.25, -0.2) is 0 Å². The number of ether oxygens (including phenoxy) is 1. The van der Waals surface area contributed by atoms with Crippen LogP contribution < -0.4 is 15.0 Å². The van der Waals surface area contributed by atoms with E-state index in [1.165, 1.54) is 11.8 Å². The molecule has 2 amide bonds. The van der Waals surface area contributed by atoms with Crippen molar-refractivity contribution in [3.8, 4) is 5.75 Å². The summed E-state index contributed by atoms with van der Waals surface area (Å²) in [6.07, 6.45) is 0.111. The SMILES string of the molecule is COc1cccc(NC(=O)CCN(C(C)=O)c2cc(Cl)ccc2Cl)c1. The standard InChI is InChI=1S/C18H18Cl2N2O3/c1-12(23)22(17-10-13(19)6-7-16(17)20)9-8-18(24)21-14-4-3-5-15(11-14)25-2/h3-7,10-11H,8-9H2,1-2H3,(H,21,24). The van der Waals surface area contributed by atoms with Crippen LogP contribution in [-0.4, -0.2) is 25.5 Å². The number of carbonyl (C=O) groups is 2. The Morgan fingerprint density at radius 2 is 1.92 bits per heavy atom. The second kappa shape index (κ2) is 8.74. The van der Waals surface area contributed by atoms with Crippen molar-refractivity contribution >= 4 is 46.4 Å². The molecule has 0 aromatic heterocycles. The van der Waals surface area contributed by atoms with Gasteiger partial charge in [-0.15, -0.1) is 0 Å². The summed E-state index contributed by atoms with van der Waals surface area (Å²) in [5.41, 5.74) is 1.11. The second-order valence-corrected chi connectivity index (χ2v) is 6.14. The summed E-state index contributed by atoms with van der Waals surface area (Å²) in [7, 11) is 1.56. The molecular formula is C18H18Cl2N2O3. The number of hydrogen-bond acceptors (Lipinski definition) is 3. The van der Waals surface area contributed by atoms with Crippen LogP contribution in [0, 0.1) is 0 Å². The van der Waals surface area contributed by atoms with Crippen LogP contribution in [0.3, 0.4) is 0 Å². The Hall–Kier alpha value is -2.24. The molecule has 5 nitrogen and oxygen atoms in total. The Morgan fingerprint density at radius 3 is 2.60 bits per heavy atom. The molecular weight excluding hydrogens is 363 g/mol. The van der Waals surface area contributed by atoms with Crippen LogP contribution in [0.2, 0.25) is 10.0 Å². The molecule has 0 unspecified atom stereocenters. The minimum atomic E-state index is -0.224. The number of amides is 2. The van der Waals surface area contributed by atoms with E-state index in [4.69, 9.17) is 27.9 Å². The molecule has 2 rings (SSSR count). The molecule has 25 heavy (non-hydrogen) atoms. The smallest absolute Gasteiger partial charge is 0.226 e. The van der Waals surface area contributed by atoms with Gasteiger partial charge >= 0.3 is 0 Å². The Bertz CT molecular complexity index is 781. The van der Waals surface area contributed by atoms with Crippen LogP contribution >= 0.6 is 23.2 Å². The molecule has 0 saturated carbocycles. The lowest BCUT2D eigenvalue weighted by atomic mass is 10.2. The van der Waals surface area contributed by atoms with Gasteiger partial charge < -0.3 is 15.0 Å². The Labute approximate surface area is 156 Å². The molecule has 1 N–H and O–H groups in total. The highest BCUT2D eigenvalue weighted by atomic mass is 35.5. The predicted molar refractivity (Wildman–Crippen MR) is 101 cm³/mol. The van der Waals surface area contributed by atoms with E-state index in [-0.39, 0.29) is 24.8 Å². The maximum absolute atomic E-state index is 12.2. The number of hydrogen-bond donors (Lipinski definition) is 1. The summed E-state index contributed by atoms with van der Waals surface area (Å²) in [6, 6.07) is 11.9. The van der Waals surface area contributed by atoms with Crippen LogP contribution in [0.1, 0.15) is 13.3 Å². The molecule has 0 atom stereocenters. The van der Waals surface area contributed by atoms with Crippen molar-refractivity contribution in [3.05, 3.63) is 52.5 Å².